The van der Waals surface area contributed by atoms with Crippen molar-refractivity contribution in [3.63, 3.8) is 0 Å². The second-order valence-electron chi connectivity index (χ2n) is 4.20. The first-order valence-corrected chi connectivity index (χ1v) is 4.85. The van der Waals surface area contributed by atoms with E-state index in [1.54, 1.807) is 0 Å². The zero-order chi connectivity index (χ0) is 10.9. The van der Waals surface area contributed by atoms with Crippen molar-refractivity contribution in [1.29, 1.82) is 0 Å². The molecule has 0 aromatic carbocycles. The van der Waals surface area contributed by atoms with Crippen molar-refractivity contribution in [2.45, 2.75) is 31.4 Å². The first-order valence-electron chi connectivity index (χ1n) is 4.85. The van der Waals surface area contributed by atoms with Crippen molar-refractivity contribution < 1.29 is 9.90 Å². The fourth-order valence-electron chi connectivity index (χ4n) is 1.84. The summed E-state index contributed by atoms with van der Waals surface area (Å²) in [7, 11) is 0. The summed E-state index contributed by atoms with van der Waals surface area (Å²) in [5.41, 5.74) is 0.159. The Morgan fingerprint density at radius 1 is 1.53 bits per heavy atom. The molecule has 80 valence electrons. The molecule has 1 fully saturated rings. The maximum Gasteiger partial charge on any atom is 0.254 e. The van der Waals surface area contributed by atoms with E-state index in [1.807, 2.05) is 6.92 Å². The van der Waals surface area contributed by atoms with E-state index in [9.17, 15) is 9.90 Å². The number of carbonyl (C=O) groups excluding carboxylic acids is 1. The third-order valence-electron chi connectivity index (χ3n) is 2.61. The Bertz CT molecular complexity index is 360. The highest BCUT2D eigenvalue weighted by atomic mass is 16.3. The standard InChI is InChI=1S/C10H13N3O2/c1-10(2-8(14)3-10)13-9(15)7-4-11-6-12-5-7/h4-6,8,14H,2-3H2,1H3,(H,13,15). The van der Waals surface area contributed by atoms with E-state index in [0.29, 0.717) is 18.4 Å². The number of carbonyl (C=O) groups is 1. The van der Waals surface area contributed by atoms with Gasteiger partial charge >= 0.3 is 0 Å². The molecule has 0 aliphatic heterocycles. The minimum atomic E-state index is -0.290. The molecular weight excluding hydrogens is 194 g/mol. The first kappa shape index (κ1) is 10.0. The van der Waals surface area contributed by atoms with Crippen LogP contribution in [-0.2, 0) is 0 Å². The van der Waals surface area contributed by atoms with Crippen LogP contribution in [0.2, 0.25) is 0 Å². The first-order chi connectivity index (χ1) is 7.09. The van der Waals surface area contributed by atoms with Crippen LogP contribution in [0.5, 0.6) is 0 Å². The molecule has 5 heteroatoms. The molecule has 0 bridgehead atoms. The van der Waals surface area contributed by atoms with E-state index in [4.69, 9.17) is 0 Å². The zero-order valence-electron chi connectivity index (χ0n) is 8.47. The van der Waals surface area contributed by atoms with Crippen molar-refractivity contribution in [2.75, 3.05) is 0 Å². The van der Waals surface area contributed by atoms with Crippen LogP contribution in [-0.4, -0.2) is 32.6 Å². The van der Waals surface area contributed by atoms with Crippen LogP contribution < -0.4 is 5.32 Å². The highest BCUT2D eigenvalue weighted by Gasteiger charge is 2.40. The van der Waals surface area contributed by atoms with E-state index in [-0.39, 0.29) is 17.6 Å². The Hall–Kier alpha value is -1.49. The van der Waals surface area contributed by atoms with Crippen LogP contribution in [0.15, 0.2) is 18.7 Å². The molecule has 1 aromatic heterocycles. The largest absolute Gasteiger partial charge is 0.393 e. The smallest absolute Gasteiger partial charge is 0.254 e. The molecule has 2 N–H and O–H groups in total. The second-order valence-corrected chi connectivity index (χ2v) is 4.20. The summed E-state index contributed by atoms with van der Waals surface area (Å²) in [6.45, 7) is 1.92. The molecule has 15 heavy (non-hydrogen) atoms. The predicted octanol–water partition coefficient (Wildman–Crippen LogP) is 0.120. The maximum atomic E-state index is 11.7. The topological polar surface area (TPSA) is 75.1 Å². The Balaban J connectivity index is 1.99. The zero-order valence-corrected chi connectivity index (χ0v) is 8.47. The van der Waals surface area contributed by atoms with Crippen molar-refractivity contribution in [3.8, 4) is 0 Å². The van der Waals surface area contributed by atoms with Crippen molar-refractivity contribution >= 4 is 5.91 Å². The summed E-state index contributed by atoms with van der Waals surface area (Å²) < 4.78 is 0. The van der Waals surface area contributed by atoms with Crippen LogP contribution in [0.4, 0.5) is 0 Å². The number of rotatable bonds is 2. The number of nitrogens with zero attached hydrogens (tertiary/aromatic N) is 2. The number of hydrogen-bond donors (Lipinski definition) is 2. The lowest BCUT2D eigenvalue weighted by molar-refractivity contribution is 0.0127. The van der Waals surface area contributed by atoms with E-state index >= 15 is 0 Å². The van der Waals surface area contributed by atoms with Gasteiger partial charge in [0.15, 0.2) is 0 Å². The third-order valence-corrected chi connectivity index (χ3v) is 2.61. The van der Waals surface area contributed by atoms with Crippen molar-refractivity contribution in [2.24, 2.45) is 0 Å². The fourth-order valence-corrected chi connectivity index (χ4v) is 1.84. The Morgan fingerprint density at radius 3 is 2.67 bits per heavy atom. The minimum absolute atomic E-state index is 0.190. The molecule has 1 aromatic rings. The average Bonchev–Trinajstić information content (AvgIpc) is 2.17. The van der Waals surface area contributed by atoms with Gasteiger partial charge in [-0.1, -0.05) is 0 Å². The van der Waals surface area contributed by atoms with Crippen LogP contribution in [0.3, 0.4) is 0 Å². The summed E-state index contributed by atoms with van der Waals surface area (Å²) in [6, 6.07) is 0. The van der Waals surface area contributed by atoms with E-state index in [1.165, 1.54) is 18.7 Å². The lowest BCUT2D eigenvalue weighted by atomic mass is 9.76. The Labute approximate surface area is 87.6 Å². The fraction of sp³-hybridized carbons (Fsp3) is 0.500. The number of nitrogens with one attached hydrogen (secondary N) is 1. The van der Waals surface area contributed by atoms with Crippen LogP contribution >= 0.6 is 0 Å². The van der Waals surface area contributed by atoms with Gasteiger partial charge in [-0.05, 0) is 19.8 Å². The molecule has 0 atom stereocenters. The normalized spacial score (nSPS) is 29.3. The highest BCUT2D eigenvalue weighted by Crippen LogP contribution is 2.31. The molecule has 1 aliphatic rings. The number of aliphatic hydroxyl groups is 1. The molecule has 1 saturated carbocycles. The van der Waals surface area contributed by atoms with Gasteiger partial charge in [0.1, 0.15) is 6.33 Å². The van der Waals surface area contributed by atoms with Crippen LogP contribution in [0.1, 0.15) is 30.1 Å². The SMILES string of the molecule is CC1(NC(=O)c2cncnc2)CC(O)C1. The average molecular weight is 207 g/mol. The Kier molecular flexibility index (Phi) is 2.40. The molecule has 0 radical (unpaired) electrons. The summed E-state index contributed by atoms with van der Waals surface area (Å²) in [6.07, 6.45) is 5.24. The predicted molar refractivity (Wildman–Crippen MR) is 53.1 cm³/mol. The van der Waals surface area contributed by atoms with E-state index in [0.717, 1.165) is 0 Å². The molecule has 0 saturated heterocycles. The lowest BCUT2D eigenvalue weighted by Crippen LogP contribution is -2.57. The van der Waals surface area contributed by atoms with Crippen LogP contribution in [0, 0.1) is 0 Å². The number of hydrogen-bond acceptors (Lipinski definition) is 4. The number of aliphatic hydroxyl groups excluding tert-OH is 1. The van der Waals surface area contributed by atoms with Gasteiger partial charge in [0.05, 0.1) is 11.7 Å². The van der Waals surface area contributed by atoms with Gasteiger partial charge in [-0.3, -0.25) is 4.79 Å². The van der Waals surface area contributed by atoms with E-state index in [2.05, 4.69) is 15.3 Å². The Morgan fingerprint density at radius 2 is 2.13 bits per heavy atom. The van der Waals surface area contributed by atoms with Gasteiger partial charge in [0, 0.05) is 17.9 Å². The molecule has 1 amide bonds. The monoisotopic (exact) mass is 207 g/mol. The molecule has 1 aliphatic carbocycles. The number of amides is 1. The van der Waals surface area contributed by atoms with Gasteiger partial charge in [-0.25, -0.2) is 9.97 Å². The summed E-state index contributed by atoms with van der Waals surface area (Å²) in [5.74, 6) is -0.190. The van der Waals surface area contributed by atoms with Gasteiger partial charge in [0.2, 0.25) is 0 Å². The van der Waals surface area contributed by atoms with Gasteiger partial charge in [-0.2, -0.15) is 0 Å². The molecule has 1 heterocycles. The highest BCUT2D eigenvalue weighted by molar-refractivity contribution is 5.94. The maximum absolute atomic E-state index is 11.7. The summed E-state index contributed by atoms with van der Waals surface area (Å²) in [5, 5.41) is 12.1. The quantitative estimate of drug-likeness (QED) is 0.722. The molecule has 5 nitrogen and oxygen atoms in total. The molecule has 0 spiro atoms. The summed E-state index contributed by atoms with van der Waals surface area (Å²) >= 11 is 0. The third kappa shape index (κ3) is 2.12. The molecule has 2 rings (SSSR count). The minimum Gasteiger partial charge on any atom is -0.393 e. The molecular formula is C10H13N3O2. The van der Waals surface area contributed by atoms with E-state index < -0.39 is 0 Å². The van der Waals surface area contributed by atoms with Crippen molar-refractivity contribution in [1.82, 2.24) is 15.3 Å². The van der Waals surface area contributed by atoms with Gasteiger partial charge < -0.3 is 10.4 Å². The second kappa shape index (κ2) is 3.58. The summed E-state index contributed by atoms with van der Waals surface area (Å²) in [4.78, 5) is 19.2. The van der Waals surface area contributed by atoms with Crippen LogP contribution in [0.25, 0.3) is 0 Å². The molecule has 0 unspecified atom stereocenters. The van der Waals surface area contributed by atoms with Gasteiger partial charge in [0.25, 0.3) is 5.91 Å². The lowest BCUT2D eigenvalue weighted by Gasteiger charge is -2.43. The van der Waals surface area contributed by atoms with Crippen molar-refractivity contribution in [3.05, 3.63) is 24.3 Å². The number of aromatic nitrogens is 2. The van der Waals surface area contributed by atoms with Gasteiger partial charge in [-0.15, -0.1) is 0 Å².